The second kappa shape index (κ2) is 9.14. The van der Waals surface area contributed by atoms with Crippen molar-refractivity contribution in [3.05, 3.63) is 47.6 Å². The van der Waals surface area contributed by atoms with Crippen LogP contribution in [0.2, 0.25) is 0 Å². The summed E-state index contributed by atoms with van der Waals surface area (Å²) in [5.41, 5.74) is 4.27. The van der Waals surface area contributed by atoms with Crippen molar-refractivity contribution in [2.24, 2.45) is 17.3 Å². The molecule has 0 unspecified atom stereocenters. The first kappa shape index (κ1) is 23.5. The maximum absolute atomic E-state index is 10.1. The fourth-order valence-electron chi connectivity index (χ4n) is 6.26. The lowest BCUT2D eigenvalue weighted by atomic mass is 9.62. The highest BCUT2D eigenvalue weighted by Gasteiger charge is 2.49. The molecule has 3 saturated carbocycles. The summed E-state index contributed by atoms with van der Waals surface area (Å²) in [6.45, 7) is 14.5. The van der Waals surface area contributed by atoms with E-state index in [2.05, 4.69) is 32.2 Å². The number of rotatable bonds is 6. The van der Waals surface area contributed by atoms with E-state index in [1.807, 2.05) is 13.8 Å². The molecule has 5 atom stereocenters. The van der Waals surface area contributed by atoms with Crippen molar-refractivity contribution in [1.29, 1.82) is 0 Å². The molecule has 3 aliphatic carbocycles. The van der Waals surface area contributed by atoms with Crippen LogP contribution < -0.4 is 0 Å². The van der Waals surface area contributed by atoms with Gasteiger partial charge in [-0.2, -0.15) is 0 Å². The van der Waals surface area contributed by atoms with Gasteiger partial charge in [0.15, 0.2) is 0 Å². The standard InChI is InChI=1S/C27H42O3/c1-18(8-6-14-26(3,4)30)22-12-13-23-21(9-7-15-27(22,23)5)11-10-20-16-24(28)19(2)25(29)17-20/h10-11,22-25,28-30H,1-2,6-9,12-17H2,3-5H3/t22-,23+,24-,25-,27-/m1/s1. The first-order valence-corrected chi connectivity index (χ1v) is 11.8. The lowest BCUT2D eigenvalue weighted by Crippen LogP contribution is -2.34. The van der Waals surface area contributed by atoms with Crippen LogP contribution in [0.25, 0.3) is 0 Å². The molecule has 0 amide bonds. The molecule has 3 rings (SSSR count). The Hall–Kier alpha value is -1.16. The molecule has 0 aromatic heterocycles. The zero-order chi connectivity index (χ0) is 22.1. The minimum atomic E-state index is -0.627. The molecule has 3 heteroatoms. The summed E-state index contributed by atoms with van der Waals surface area (Å²) >= 11 is 0. The van der Waals surface area contributed by atoms with E-state index in [9.17, 15) is 15.3 Å². The summed E-state index contributed by atoms with van der Waals surface area (Å²) in [6.07, 6.45) is 13.3. The molecule has 0 bridgehead atoms. The molecular formula is C27H42O3. The van der Waals surface area contributed by atoms with Crippen molar-refractivity contribution in [2.75, 3.05) is 0 Å². The van der Waals surface area contributed by atoms with Crippen LogP contribution in [0.15, 0.2) is 47.6 Å². The van der Waals surface area contributed by atoms with Gasteiger partial charge >= 0.3 is 0 Å². The summed E-state index contributed by atoms with van der Waals surface area (Å²) in [6, 6.07) is 0. The van der Waals surface area contributed by atoms with Crippen LogP contribution in [0.4, 0.5) is 0 Å². The van der Waals surface area contributed by atoms with Crippen molar-refractivity contribution >= 4 is 0 Å². The molecule has 0 aromatic rings. The second-order valence-electron chi connectivity index (χ2n) is 10.9. The van der Waals surface area contributed by atoms with Gasteiger partial charge in [0.2, 0.25) is 0 Å². The minimum Gasteiger partial charge on any atom is -0.390 e. The normalized spacial score (nSPS) is 36.1. The molecule has 0 saturated heterocycles. The first-order valence-electron chi connectivity index (χ1n) is 11.8. The van der Waals surface area contributed by atoms with Crippen LogP contribution in [0.5, 0.6) is 0 Å². The van der Waals surface area contributed by atoms with Crippen molar-refractivity contribution in [1.82, 2.24) is 0 Å². The van der Waals surface area contributed by atoms with Gasteiger partial charge in [0.25, 0.3) is 0 Å². The SMILES string of the molecule is C=C1[C@H](O)CC(=CC=C2CCC[C@]3(C)[C@@H](C(=C)CCCC(C)(C)O)CC[C@@H]23)C[C@H]1O. The number of aliphatic hydroxyl groups excluding tert-OH is 2. The van der Waals surface area contributed by atoms with Gasteiger partial charge in [0, 0.05) is 0 Å². The third kappa shape index (κ3) is 5.18. The average molecular weight is 415 g/mol. The lowest BCUT2D eigenvalue weighted by molar-refractivity contribution is 0.0683. The molecule has 0 heterocycles. The molecule has 3 nitrogen and oxygen atoms in total. The maximum Gasteiger partial charge on any atom is 0.0809 e. The molecular weight excluding hydrogens is 372 g/mol. The van der Waals surface area contributed by atoms with E-state index >= 15 is 0 Å². The van der Waals surface area contributed by atoms with Crippen molar-refractivity contribution < 1.29 is 15.3 Å². The van der Waals surface area contributed by atoms with E-state index in [1.54, 1.807) is 0 Å². The maximum atomic E-state index is 10.1. The van der Waals surface area contributed by atoms with Crippen LogP contribution in [0.1, 0.15) is 85.0 Å². The molecule has 0 aromatic carbocycles. The van der Waals surface area contributed by atoms with Crippen molar-refractivity contribution in [2.45, 2.75) is 103 Å². The van der Waals surface area contributed by atoms with Crippen LogP contribution in [-0.2, 0) is 0 Å². The highest BCUT2D eigenvalue weighted by Crippen LogP contribution is 2.59. The molecule has 0 aliphatic heterocycles. The van der Waals surface area contributed by atoms with Gasteiger partial charge in [0.05, 0.1) is 17.8 Å². The first-order chi connectivity index (χ1) is 14.0. The third-order valence-corrected chi connectivity index (χ3v) is 8.04. The number of hydrogen-bond acceptors (Lipinski definition) is 3. The second-order valence-corrected chi connectivity index (χ2v) is 10.9. The van der Waals surface area contributed by atoms with E-state index in [0.717, 1.165) is 31.3 Å². The summed E-state index contributed by atoms with van der Waals surface area (Å²) in [5.74, 6) is 1.18. The molecule has 3 aliphatic rings. The highest BCUT2D eigenvalue weighted by atomic mass is 16.3. The van der Waals surface area contributed by atoms with E-state index in [0.29, 0.717) is 30.3 Å². The molecule has 0 radical (unpaired) electrons. The molecule has 0 spiro atoms. The number of aliphatic hydroxyl groups is 3. The van der Waals surface area contributed by atoms with Gasteiger partial charge in [-0.1, -0.05) is 49.0 Å². The fourth-order valence-corrected chi connectivity index (χ4v) is 6.26. The van der Waals surface area contributed by atoms with Crippen molar-refractivity contribution in [3.8, 4) is 0 Å². The third-order valence-electron chi connectivity index (χ3n) is 8.04. The molecule has 30 heavy (non-hydrogen) atoms. The Bertz CT molecular complexity index is 707. The Morgan fingerprint density at radius 3 is 2.47 bits per heavy atom. The Labute approximate surface area is 183 Å². The van der Waals surface area contributed by atoms with Gasteiger partial charge < -0.3 is 15.3 Å². The van der Waals surface area contributed by atoms with Crippen LogP contribution in [-0.4, -0.2) is 33.1 Å². The fraction of sp³-hybridized carbons (Fsp3) is 0.704. The molecule has 3 N–H and O–H groups in total. The Morgan fingerprint density at radius 2 is 1.83 bits per heavy atom. The van der Waals surface area contributed by atoms with Crippen molar-refractivity contribution in [3.63, 3.8) is 0 Å². The molecule has 168 valence electrons. The van der Waals surface area contributed by atoms with E-state index in [-0.39, 0.29) is 5.41 Å². The van der Waals surface area contributed by atoms with Crippen LogP contribution in [0, 0.1) is 17.3 Å². The average Bonchev–Trinajstić information content (AvgIpc) is 3.00. The predicted octanol–water partition coefficient (Wildman–Crippen LogP) is 5.62. The monoisotopic (exact) mass is 414 g/mol. The Kier molecular flexibility index (Phi) is 7.16. The zero-order valence-electron chi connectivity index (χ0n) is 19.3. The van der Waals surface area contributed by atoms with Crippen LogP contribution in [0.3, 0.4) is 0 Å². The quantitative estimate of drug-likeness (QED) is 0.494. The predicted molar refractivity (Wildman–Crippen MR) is 124 cm³/mol. The Morgan fingerprint density at radius 1 is 1.17 bits per heavy atom. The Balaban J connectivity index is 1.68. The van der Waals surface area contributed by atoms with Gasteiger partial charge in [-0.25, -0.2) is 0 Å². The summed E-state index contributed by atoms with van der Waals surface area (Å²) in [7, 11) is 0. The number of fused-ring (bicyclic) bond motifs is 1. The summed E-state index contributed by atoms with van der Waals surface area (Å²) in [5, 5.41) is 30.2. The largest absolute Gasteiger partial charge is 0.390 e. The minimum absolute atomic E-state index is 0.286. The van der Waals surface area contributed by atoms with E-state index in [1.165, 1.54) is 36.8 Å². The van der Waals surface area contributed by atoms with Gasteiger partial charge in [-0.3, -0.25) is 0 Å². The topological polar surface area (TPSA) is 60.7 Å². The number of allylic oxidation sites excluding steroid dienone is 4. The van der Waals surface area contributed by atoms with Gasteiger partial charge in [0.1, 0.15) is 0 Å². The number of hydrogen-bond donors (Lipinski definition) is 3. The van der Waals surface area contributed by atoms with E-state index < -0.39 is 17.8 Å². The smallest absolute Gasteiger partial charge is 0.0809 e. The lowest BCUT2D eigenvalue weighted by Gasteiger charge is -2.43. The van der Waals surface area contributed by atoms with Crippen LogP contribution >= 0.6 is 0 Å². The zero-order valence-corrected chi connectivity index (χ0v) is 19.3. The van der Waals surface area contributed by atoms with E-state index in [4.69, 9.17) is 0 Å². The highest BCUT2D eigenvalue weighted by molar-refractivity contribution is 5.30. The summed E-state index contributed by atoms with van der Waals surface area (Å²) in [4.78, 5) is 0. The molecule has 3 fully saturated rings. The van der Waals surface area contributed by atoms with Gasteiger partial charge in [-0.15, -0.1) is 0 Å². The summed E-state index contributed by atoms with van der Waals surface area (Å²) < 4.78 is 0. The van der Waals surface area contributed by atoms with Gasteiger partial charge in [-0.05, 0) is 101 Å².